The van der Waals surface area contributed by atoms with Crippen LogP contribution >= 0.6 is 11.6 Å². The number of hydrogen-bond acceptors (Lipinski definition) is 4. The van der Waals surface area contributed by atoms with Gasteiger partial charge >= 0.3 is 5.97 Å². The number of nitrogens with two attached hydrogens (primary N) is 1. The lowest BCUT2D eigenvalue weighted by Crippen LogP contribution is -2.20. The summed E-state index contributed by atoms with van der Waals surface area (Å²) in [6, 6.07) is 12.9. The Balaban J connectivity index is 1.86. The molecule has 0 aliphatic heterocycles. The smallest absolute Gasteiger partial charge is 0.338 e. The average molecular weight is 305 g/mol. The zero-order chi connectivity index (χ0) is 15.2. The number of benzene rings is 2. The minimum absolute atomic E-state index is 0.333. The number of esters is 1. The van der Waals surface area contributed by atoms with Crippen LogP contribution in [0.15, 0.2) is 48.5 Å². The summed E-state index contributed by atoms with van der Waals surface area (Å²) in [4.78, 5) is 23.4. The summed E-state index contributed by atoms with van der Waals surface area (Å²) >= 11 is 5.80. The number of carbonyl (C=O) groups excluding carboxylic acids is 2. The van der Waals surface area contributed by atoms with Crippen molar-refractivity contribution in [1.29, 1.82) is 0 Å². The number of nitrogens with one attached hydrogen (secondary N) is 1. The van der Waals surface area contributed by atoms with Crippen LogP contribution in [0.1, 0.15) is 10.4 Å². The highest BCUT2D eigenvalue weighted by Gasteiger charge is 2.10. The van der Waals surface area contributed by atoms with E-state index in [-0.39, 0.29) is 6.61 Å². The van der Waals surface area contributed by atoms with Crippen molar-refractivity contribution in [1.82, 2.24) is 0 Å². The fourth-order valence-corrected chi connectivity index (χ4v) is 1.79. The van der Waals surface area contributed by atoms with E-state index in [0.29, 0.717) is 22.0 Å². The van der Waals surface area contributed by atoms with E-state index in [4.69, 9.17) is 22.1 Å². The van der Waals surface area contributed by atoms with Crippen LogP contribution in [0, 0.1) is 0 Å². The Labute approximate surface area is 126 Å². The van der Waals surface area contributed by atoms with Gasteiger partial charge in [-0.1, -0.05) is 17.7 Å². The van der Waals surface area contributed by atoms with Crippen molar-refractivity contribution < 1.29 is 14.3 Å². The number of hydrogen-bond donors (Lipinski definition) is 2. The standard InChI is InChI=1S/C15H13ClN2O3/c16-11-2-1-3-13(8-11)18-14(19)9-21-15(20)10-4-6-12(17)7-5-10/h1-8H,9,17H2,(H,18,19). The monoisotopic (exact) mass is 304 g/mol. The van der Waals surface area contributed by atoms with Gasteiger partial charge in [0.25, 0.3) is 5.91 Å². The maximum absolute atomic E-state index is 11.7. The molecule has 0 bridgehead atoms. The van der Waals surface area contributed by atoms with E-state index in [0.717, 1.165) is 0 Å². The minimum Gasteiger partial charge on any atom is -0.452 e. The number of amides is 1. The van der Waals surface area contributed by atoms with Gasteiger partial charge in [0.15, 0.2) is 6.61 Å². The number of halogens is 1. The summed E-state index contributed by atoms with van der Waals surface area (Å²) in [7, 11) is 0. The zero-order valence-electron chi connectivity index (χ0n) is 11.0. The highest BCUT2D eigenvalue weighted by Crippen LogP contribution is 2.14. The Kier molecular flexibility index (Phi) is 4.79. The van der Waals surface area contributed by atoms with Crippen molar-refractivity contribution in [2.75, 3.05) is 17.7 Å². The first kappa shape index (κ1) is 14.9. The first-order chi connectivity index (χ1) is 10.0. The summed E-state index contributed by atoms with van der Waals surface area (Å²) in [5.41, 5.74) is 6.94. The number of rotatable bonds is 4. The number of ether oxygens (including phenoxy) is 1. The Morgan fingerprint density at radius 3 is 2.52 bits per heavy atom. The van der Waals surface area contributed by atoms with E-state index >= 15 is 0 Å². The van der Waals surface area contributed by atoms with Crippen LogP contribution < -0.4 is 11.1 Å². The third-order valence-electron chi connectivity index (χ3n) is 2.59. The molecule has 6 heteroatoms. The zero-order valence-corrected chi connectivity index (χ0v) is 11.8. The Bertz CT molecular complexity index is 656. The van der Waals surface area contributed by atoms with Gasteiger partial charge in [-0.25, -0.2) is 4.79 Å². The molecule has 0 radical (unpaired) electrons. The van der Waals surface area contributed by atoms with Crippen LogP contribution in [0.3, 0.4) is 0 Å². The van der Waals surface area contributed by atoms with E-state index < -0.39 is 11.9 Å². The SMILES string of the molecule is Nc1ccc(C(=O)OCC(=O)Nc2cccc(Cl)c2)cc1. The van der Waals surface area contributed by atoms with Crippen molar-refractivity contribution in [3.63, 3.8) is 0 Å². The predicted octanol–water partition coefficient (Wildman–Crippen LogP) is 2.72. The van der Waals surface area contributed by atoms with Crippen LogP contribution in [0.4, 0.5) is 11.4 Å². The molecule has 0 saturated heterocycles. The molecule has 3 N–H and O–H groups in total. The van der Waals surface area contributed by atoms with Gasteiger partial charge in [-0.2, -0.15) is 0 Å². The number of anilines is 2. The predicted molar refractivity (Wildman–Crippen MR) is 81.2 cm³/mol. The topological polar surface area (TPSA) is 81.4 Å². The fourth-order valence-electron chi connectivity index (χ4n) is 1.60. The van der Waals surface area contributed by atoms with Crippen molar-refractivity contribution in [2.24, 2.45) is 0 Å². The quantitative estimate of drug-likeness (QED) is 0.672. The molecule has 0 spiro atoms. The van der Waals surface area contributed by atoms with Crippen molar-refractivity contribution in [3.05, 3.63) is 59.1 Å². The summed E-state index contributed by atoms with van der Waals surface area (Å²) in [5, 5.41) is 3.08. The molecular weight excluding hydrogens is 292 g/mol. The van der Waals surface area contributed by atoms with Gasteiger partial charge in [-0.15, -0.1) is 0 Å². The average Bonchev–Trinajstić information content (AvgIpc) is 2.45. The molecule has 2 aromatic rings. The molecule has 0 aliphatic carbocycles. The van der Waals surface area contributed by atoms with Crippen LogP contribution in [0.5, 0.6) is 0 Å². The second-order valence-corrected chi connectivity index (χ2v) is 4.69. The van der Waals surface area contributed by atoms with Crippen LogP contribution in [-0.2, 0) is 9.53 Å². The second kappa shape index (κ2) is 6.76. The molecule has 108 valence electrons. The van der Waals surface area contributed by atoms with Crippen molar-refractivity contribution >= 4 is 34.9 Å². The summed E-state index contributed by atoms with van der Waals surface area (Å²) < 4.78 is 4.91. The lowest BCUT2D eigenvalue weighted by Gasteiger charge is -2.07. The van der Waals surface area contributed by atoms with E-state index in [1.54, 1.807) is 36.4 Å². The Morgan fingerprint density at radius 2 is 1.86 bits per heavy atom. The molecule has 0 fully saturated rings. The first-order valence-electron chi connectivity index (χ1n) is 6.12. The molecule has 2 aromatic carbocycles. The van der Waals surface area contributed by atoms with Gasteiger partial charge in [0, 0.05) is 16.4 Å². The molecule has 21 heavy (non-hydrogen) atoms. The molecule has 0 saturated carbocycles. The van der Waals surface area contributed by atoms with E-state index in [1.807, 2.05) is 0 Å². The lowest BCUT2D eigenvalue weighted by atomic mass is 10.2. The molecule has 1 amide bonds. The minimum atomic E-state index is -0.587. The van der Waals surface area contributed by atoms with Gasteiger partial charge in [0.2, 0.25) is 0 Å². The third-order valence-corrected chi connectivity index (χ3v) is 2.82. The van der Waals surface area contributed by atoms with Crippen molar-refractivity contribution in [3.8, 4) is 0 Å². The lowest BCUT2D eigenvalue weighted by molar-refractivity contribution is -0.119. The number of nitrogen functional groups attached to an aromatic ring is 1. The molecule has 5 nitrogen and oxygen atoms in total. The van der Waals surface area contributed by atoms with Crippen LogP contribution in [-0.4, -0.2) is 18.5 Å². The highest BCUT2D eigenvalue weighted by atomic mass is 35.5. The molecule has 2 rings (SSSR count). The maximum atomic E-state index is 11.7. The molecular formula is C15H13ClN2O3. The normalized spacial score (nSPS) is 9.95. The molecule has 0 heterocycles. The highest BCUT2D eigenvalue weighted by molar-refractivity contribution is 6.30. The fraction of sp³-hybridized carbons (Fsp3) is 0.0667. The molecule has 0 unspecified atom stereocenters. The first-order valence-corrected chi connectivity index (χ1v) is 6.50. The van der Waals surface area contributed by atoms with E-state index in [9.17, 15) is 9.59 Å². The van der Waals surface area contributed by atoms with E-state index in [2.05, 4.69) is 5.32 Å². The van der Waals surface area contributed by atoms with Gasteiger partial charge in [-0.05, 0) is 42.5 Å². The molecule has 0 atom stereocenters. The maximum Gasteiger partial charge on any atom is 0.338 e. The van der Waals surface area contributed by atoms with Gasteiger partial charge < -0.3 is 15.8 Å². The molecule has 0 aromatic heterocycles. The van der Waals surface area contributed by atoms with Gasteiger partial charge in [0.1, 0.15) is 0 Å². The summed E-state index contributed by atoms with van der Waals surface area (Å²) in [5.74, 6) is -1.03. The third kappa shape index (κ3) is 4.50. The summed E-state index contributed by atoms with van der Waals surface area (Å²) in [6.45, 7) is -0.379. The Hall–Kier alpha value is -2.53. The second-order valence-electron chi connectivity index (χ2n) is 4.26. The number of carbonyl (C=O) groups is 2. The Morgan fingerprint density at radius 1 is 1.14 bits per heavy atom. The largest absolute Gasteiger partial charge is 0.452 e. The van der Waals surface area contributed by atoms with Crippen LogP contribution in [0.2, 0.25) is 5.02 Å². The van der Waals surface area contributed by atoms with Crippen LogP contribution in [0.25, 0.3) is 0 Å². The summed E-state index contributed by atoms with van der Waals surface area (Å²) in [6.07, 6.45) is 0. The van der Waals surface area contributed by atoms with E-state index in [1.165, 1.54) is 12.1 Å². The molecule has 0 aliphatic rings. The van der Waals surface area contributed by atoms with Gasteiger partial charge in [-0.3, -0.25) is 4.79 Å². The van der Waals surface area contributed by atoms with Gasteiger partial charge in [0.05, 0.1) is 5.56 Å². The van der Waals surface area contributed by atoms with Crippen molar-refractivity contribution in [2.45, 2.75) is 0 Å².